The first-order valence-electron chi connectivity index (χ1n) is 10.8. The van der Waals surface area contributed by atoms with Crippen LogP contribution in [0.4, 0.5) is 0 Å². The monoisotopic (exact) mass is 434 g/mol. The zero-order chi connectivity index (χ0) is 23.1. The third kappa shape index (κ3) is 5.55. The average Bonchev–Trinajstić information content (AvgIpc) is 3.32. The van der Waals surface area contributed by atoms with Gasteiger partial charge in [0.15, 0.2) is 0 Å². The van der Waals surface area contributed by atoms with Gasteiger partial charge in [0.05, 0.1) is 24.5 Å². The average molecular weight is 435 g/mol. The van der Waals surface area contributed by atoms with Gasteiger partial charge < -0.3 is 19.9 Å². The molecule has 7 nitrogen and oxygen atoms in total. The third-order valence-electron chi connectivity index (χ3n) is 5.22. The van der Waals surface area contributed by atoms with Gasteiger partial charge >= 0.3 is 0 Å². The Kier molecular flexibility index (Phi) is 7.65. The fourth-order valence-corrected chi connectivity index (χ4v) is 3.42. The maximum absolute atomic E-state index is 13.0. The second-order valence-corrected chi connectivity index (χ2v) is 7.92. The van der Waals surface area contributed by atoms with Crippen LogP contribution in [0.5, 0.6) is 5.75 Å². The van der Waals surface area contributed by atoms with Crippen molar-refractivity contribution in [3.63, 3.8) is 0 Å². The fraction of sp³-hybridized carbons (Fsp3) is 0.320. The molecule has 2 amide bonds. The molecule has 0 aliphatic rings. The van der Waals surface area contributed by atoms with Gasteiger partial charge in [-0.2, -0.15) is 0 Å². The number of rotatable bonds is 9. The lowest BCUT2D eigenvalue weighted by Gasteiger charge is -2.24. The number of amides is 2. The summed E-state index contributed by atoms with van der Waals surface area (Å²) >= 11 is 0. The maximum Gasteiger partial charge on any atom is 0.255 e. The zero-order valence-corrected chi connectivity index (χ0v) is 18.9. The molecule has 3 rings (SSSR count). The normalized spacial score (nSPS) is 12.8. The predicted octanol–water partition coefficient (Wildman–Crippen LogP) is 3.90. The molecule has 0 aliphatic heterocycles. The van der Waals surface area contributed by atoms with Crippen molar-refractivity contribution in [1.29, 1.82) is 0 Å². The van der Waals surface area contributed by atoms with Crippen LogP contribution in [-0.2, 0) is 4.79 Å². The van der Waals surface area contributed by atoms with Gasteiger partial charge in [-0.05, 0) is 49.6 Å². The molecule has 0 fully saturated rings. The molecule has 2 aromatic carbocycles. The van der Waals surface area contributed by atoms with Crippen LogP contribution in [0.2, 0.25) is 0 Å². The molecule has 0 saturated heterocycles. The van der Waals surface area contributed by atoms with E-state index in [1.807, 2.05) is 68.8 Å². The highest BCUT2D eigenvalue weighted by Crippen LogP contribution is 2.19. The van der Waals surface area contributed by atoms with Crippen molar-refractivity contribution < 1.29 is 14.3 Å². The third-order valence-corrected chi connectivity index (χ3v) is 5.22. The second-order valence-electron chi connectivity index (χ2n) is 7.92. The van der Waals surface area contributed by atoms with Crippen molar-refractivity contribution in [3.8, 4) is 11.4 Å². The first-order valence-corrected chi connectivity index (χ1v) is 10.8. The molecule has 1 aromatic heterocycles. The summed E-state index contributed by atoms with van der Waals surface area (Å²) < 4.78 is 7.47. The van der Waals surface area contributed by atoms with Gasteiger partial charge in [-0.15, -0.1) is 0 Å². The Balaban J connectivity index is 1.68. The first-order chi connectivity index (χ1) is 15.4. The van der Waals surface area contributed by atoms with Crippen molar-refractivity contribution >= 4 is 11.8 Å². The summed E-state index contributed by atoms with van der Waals surface area (Å²) in [6.07, 6.45) is 5.34. The number of ether oxygens (including phenoxy) is 1. The summed E-state index contributed by atoms with van der Waals surface area (Å²) in [6.45, 7) is 8.05. The van der Waals surface area contributed by atoms with E-state index in [9.17, 15) is 9.59 Å². The number of benzene rings is 2. The van der Waals surface area contributed by atoms with Gasteiger partial charge in [0.1, 0.15) is 11.8 Å². The number of aromatic nitrogens is 2. The second kappa shape index (κ2) is 10.6. The summed E-state index contributed by atoms with van der Waals surface area (Å²) in [4.78, 5) is 30.0. The number of nitrogens with one attached hydrogen (secondary N) is 2. The fourth-order valence-electron chi connectivity index (χ4n) is 3.42. The number of nitrogens with zero attached hydrogens (tertiary/aromatic N) is 2. The van der Waals surface area contributed by atoms with E-state index in [2.05, 4.69) is 15.6 Å². The number of hydrogen-bond donors (Lipinski definition) is 2. The quantitative estimate of drug-likeness (QED) is 0.535. The van der Waals surface area contributed by atoms with Crippen molar-refractivity contribution in [2.75, 3.05) is 6.61 Å². The Hall–Kier alpha value is -3.61. The van der Waals surface area contributed by atoms with Crippen LogP contribution in [0.25, 0.3) is 5.69 Å². The molecule has 2 N–H and O–H groups in total. The SMILES string of the molecule is CCOc1ccccc1C(=O)N[C@H](C(=O)N[C@H](C)c1ccc(-n2ccnc2)cc1)C(C)C. The van der Waals surface area contributed by atoms with Gasteiger partial charge in [0, 0.05) is 18.1 Å². The lowest BCUT2D eigenvalue weighted by atomic mass is 10.0. The van der Waals surface area contributed by atoms with Crippen LogP contribution in [0.3, 0.4) is 0 Å². The molecule has 0 unspecified atom stereocenters. The summed E-state index contributed by atoms with van der Waals surface area (Å²) in [6, 6.07) is 14.0. The highest BCUT2D eigenvalue weighted by Gasteiger charge is 2.27. The van der Waals surface area contributed by atoms with Crippen LogP contribution < -0.4 is 15.4 Å². The highest BCUT2D eigenvalue weighted by molar-refractivity contribution is 5.99. The molecule has 0 bridgehead atoms. The molecule has 32 heavy (non-hydrogen) atoms. The van der Waals surface area contributed by atoms with Crippen LogP contribution in [0.1, 0.15) is 49.7 Å². The molecule has 2 atom stereocenters. The van der Waals surface area contributed by atoms with Crippen molar-refractivity contribution in [2.45, 2.75) is 39.8 Å². The van der Waals surface area contributed by atoms with Gasteiger partial charge in [-0.3, -0.25) is 9.59 Å². The highest BCUT2D eigenvalue weighted by atomic mass is 16.5. The molecule has 0 saturated carbocycles. The molecule has 1 heterocycles. The van der Waals surface area contributed by atoms with Gasteiger partial charge in [-0.25, -0.2) is 4.98 Å². The Morgan fingerprint density at radius 2 is 1.75 bits per heavy atom. The molecule has 0 radical (unpaired) electrons. The molecular weight excluding hydrogens is 404 g/mol. The largest absolute Gasteiger partial charge is 0.493 e. The van der Waals surface area contributed by atoms with Crippen LogP contribution in [0, 0.1) is 5.92 Å². The topological polar surface area (TPSA) is 85.2 Å². The van der Waals surface area contributed by atoms with E-state index < -0.39 is 6.04 Å². The Bertz CT molecular complexity index is 1030. The minimum absolute atomic E-state index is 0.0889. The van der Waals surface area contributed by atoms with E-state index >= 15 is 0 Å². The summed E-state index contributed by atoms with van der Waals surface area (Å²) in [5, 5.41) is 5.90. The number of carbonyl (C=O) groups is 2. The lowest BCUT2D eigenvalue weighted by molar-refractivity contribution is -0.124. The van der Waals surface area contributed by atoms with E-state index in [-0.39, 0.29) is 23.8 Å². The molecular formula is C25H30N4O3. The standard InChI is InChI=1S/C25H30N4O3/c1-5-32-22-9-7-6-8-21(22)24(30)28-23(17(2)3)25(31)27-18(4)19-10-12-20(13-11-19)29-15-14-26-16-29/h6-18,23H,5H2,1-4H3,(H,27,31)(H,28,30)/t18-,23+/m1/s1. The molecule has 7 heteroatoms. The van der Waals surface area contributed by atoms with E-state index in [1.165, 1.54) is 0 Å². The molecule has 0 spiro atoms. The Morgan fingerprint density at radius 3 is 2.38 bits per heavy atom. The number of para-hydroxylation sites is 1. The number of hydrogen-bond acceptors (Lipinski definition) is 4. The van der Waals surface area contributed by atoms with E-state index in [4.69, 9.17) is 4.74 Å². The van der Waals surface area contributed by atoms with Gasteiger partial charge in [0.25, 0.3) is 5.91 Å². The predicted molar refractivity (Wildman–Crippen MR) is 124 cm³/mol. The maximum atomic E-state index is 13.0. The van der Waals surface area contributed by atoms with Gasteiger partial charge in [-0.1, -0.05) is 38.1 Å². The minimum Gasteiger partial charge on any atom is -0.493 e. The summed E-state index contributed by atoms with van der Waals surface area (Å²) in [7, 11) is 0. The molecule has 3 aromatic rings. The number of carbonyl (C=O) groups excluding carboxylic acids is 2. The minimum atomic E-state index is -0.676. The van der Waals surface area contributed by atoms with Crippen molar-refractivity contribution in [3.05, 3.63) is 78.4 Å². The van der Waals surface area contributed by atoms with E-state index in [0.717, 1.165) is 11.3 Å². The summed E-state index contributed by atoms with van der Waals surface area (Å²) in [5.74, 6) is -0.149. The van der Waals surface area contributed by atoms with E-state index in [0.29, 0.717) is 17.9 Å². The van der Waals surface area contributed by atoms with Crippen LogP contribution in [-0.4, -0.2) is 34.0 Å². The van der Waals surface area contributed by atoms with Crippen LogP contribution in [0.15, 0.2) is 67.3 Å². The van der Waals surface area contributed by atoms with E-state index in [1.54, 1.807) is 30.7 Å². The van der Waals surface area contributed by atoms with Gasteiger partial charge in [0.2, 0.25) is 5.91 Å². The summed E-state index contributed by atoms with van der Waals surface area (Å²) in [5.41, 5.74) is 2.37. The Morgan fingerprint density at radius 1 is 1.03 bits per heavy atom. The molecule has 0 aliphatic carbocycles. The smallest absolute Gasteiger partial charge is 0.255 e. The van der Waals surface area contributed by atoms with Crippen molar-refractivity contribution in [2.24, 2.45) is 5.92 Å². The lowest BCUT2D eigenvalue weighted by Crippen LogP contribution is -2.50. The van der Waals surface area contributed by atoms with Crippen LogP contribution >= 0.6 is 0 Å². The Labute approximate surface area is 188 Å². The van der Waals surface area contributed by atoms with Crippen molar-refractivity contribution in [1.82, 2.24) is 20.2 Å². The first kappa shape index (κ1) is 23.1. The number of imidazole rings is 1. The molecule has 168 valence electrons. The zero-order valence-electron chi connectivity index (χ0n) is 18.9.